The van der Waals surface area contributed by atoms with Crippen LogP contribution >= 0.6 is 11.5 Å². The molecule has 0 spiro atoms. The molecule has 0 aromatic carbocycles. The van der Waals surface area contributed by atoms with E-state index in [1.54, 1.807) is 6.92 Å². The van der Waals surface area contributed by atoms with Crippen LogP contribution in [0.3, 0.4) is 0 Å². The Morgan fingerprint density at radius 1 is 1.56 bits per heavy atom. The number of aryl methyl sites for hydroxylation is 1. The predicted octanol–water partition coefficient (Wildman–Crippen LogP) is 0.884. The highest BCUT2D eigenvalue weighted by molar-refractivity contribution is 7.08. The van der Waals surface area contributed by atoms with E-state index in [1.165, 1.54) is 0 Å². The summed E-state index contributed by atoms with van der Waals surface area (Å²) in [5.41, 5.74) is 1.57. The molecule has 2 heterocycles. The Morgan fingerprint density at radius 3 is 2.94 bits per heavy atom. The summed E-state index contributed by atoms with van der Waals surface area (Å²) < 4.78 is 3.72. The Labute approximate surface area is 108 Å². The number of hydrogen-bond donors (Lipinski definition) is 2. The zero-order valence-corrected chi connectivity index (χ0v) is 11.2. The van der Waals surface area contributed by atoms with Crippen molar-refractivity contribution in [3.8, 4) is 0 Å². The quantitative estimate of drug-likeness (QED) is 0.858. The number of nitrogens with zero attached hydrogens (tertiary/aromatic N) is 4. The van der Waals surface area contributed by atoms with Crippen LogP contribution < -0.4 is 5.32 Å². The molecule has 2 aromatic heterocycles. The van der Waals surface area contributed by atoms with E-state index in [2.05, 4.69) is 25.1 Å². The van der Waals surface area contributed by atoms with E-state index in [4.69, 9.17) is 0 Å². The minimum atomic E-state index is -0.231. The summed E-state index contributed by atoms with van der Waals surface area (Å²) in [6.07, 6.45) is 0. The van der Waals surface area contributed by atoms with Gasteiger partial charge in [0.2, 0.25) is 0 Å². The molecule has 0 saturated carbocycles. The summed E-state index contributed by atoms with van der Waals surface area (Å²) in [5.74, 6) is 0.273. The molecular formula is C10H14N6OS. The van der Waals surface area contributed by atoms with Crippen molar-refractivity contribution >= 4 is 23.3 Å². The van der Waals surface area contributed by atoms with Crippen LogP contribution in [0.2, 0.25) is 0 Å². The molecule has 7 nitrogen and oxygen atoms in total. The van der Waals surface area contributed by atoms with Gasteiger partial charge in [0.15, 0.2) is 5.82 Å². The van der Waals surface area contributed by atoms with Crippen LogP contribution in [0.4, 0.5) is 5.82 Å². The normalized spacial score (nSPS) is 10.9. The largest absolute Gasteiger partial charge is 0.304 e. The average Bonchev–Trinajstić information content (AvgIpc) is 2.87. The number of carbonyl (C=O) groups excluding carboxylic acids is 1. The van der Waals surface area contributed by atoms with Gasteiger partial charge in [-0.2, -0.15) is 5.10 Å². The van der Waals surface area contributed by atoms with Gasteiger partial charge in [0.25, 0.3) is 5.91 Å². The van der Waals surface area contributed by atoms with Gasteiger partial charge in [-0.25, -0.2) is 0 Å². The Balaban J connectivity index is 2.04. The first kappa shape index (κ1) is 12.7. The highest BCUT2D eigenvalue weighted by atomic mass is 32.1. The molecule has 0 saturated heterocycles. The Morgan fingerprint density at radius 2 is 2.33 bits per heavy atom. The first-order chi connectivity index (χ1) is 8.56. The molecule has 2 aromatic rings. The van der Waals surface area contributed by atoms with Gasteiger partial charge in [-0.3, -0.25) is 9.89 Å². The Bertz CT molecular complexity index is 546. The second-order valence-electron chi connectivity index (χ2n) is 4.16. The van der Waals surface area contributed by atoms with Crippen LogP contribution in [-0.4, -0.2) is 44.7 Å². The van der Waals surface area contributed by atoms with Gasteiger partial charge >= 0.3 is 0 Å². The van der Waals surface area contributed by atoms with Crippen LogP contribution in [0.25, 0.3) is 0 Å². The standard InChI is InChI=1S/C10H14N6OS/c1-6-9(18-15-12-6)10(17)11-8-4-7(13-14-8)5-16(2)3/h4H,5H2,1-3H3,(H2,11,13,14,17). The van der Waals surface area contributed by atoms with E-state index in [0.717, 1.165) is 23.8 Å². The third-order valence-corrected chi connectivity index (χ3v) is 3.04. The van der Waals surface area contributed by atoms with Gasteiger partial charge in [-0.15, -0.1) is 5.10 Å². The van der Waals surface area contributed by atoms with Gasteiger partial charge in [0, 0.05) is 12.6 Å². The summed E-state index contributed by atoms with van der Waals surface area (Å²) in [7, 11) is 3.93. The van der Waals surface area contributed by atoms with E-state index < -0.39 is 0 Å². The fourth-order valence-corrected chi connectivity index (χ4v) is 2.01. The number of amides is 1. The number of anilines is 1. The third kappa shape index (κ3) is 2.90. The Kier molecular flexibility index (Phi) is 3.68. The molecule has 0 aliphatic heterocycles. The van der Waals surface area contributed by atoms with E-state index in [-0.39, 0.29) is 5.91 Å². The predicted molar refractivity (Wildman–Crippen MR) is 68.6 cm³/mol. The molecule has 96 valence electrons. The van der Waals surface area contributed by atoms with Gasteiger partial charge < -0.3 is 10.2 Å². The van der Waals surface area contributed by atoms with Crippen molar-refractivity contribution in [2.75, 3.05) is 19.4 Å². The maximum absolute atomic E-state index is 11.9. The molecule has 0 aliphatic rings. The van der Waals surface area contributed by atoms with Crippen molar-refractivity contribution < 1.29 is 4.79 Å². The smallest absolute Gasteiger partial charge is 0.270 e. The first-order valence-corrected chi connectivity index (χ1v) is 6.13. The molecule has 0 bridgehead atoms. The van der Waals surface area contributed by atoms with E-state index >= 15 is 0 Å². The summed E-state index contributed by atoms with van der Waals surface area (Å²) in [6, 6.07) is 1.81. The molecule has 0 unspecified atom stereocenters. The lowest BCUT2D eigenvalue weighted by Gasteiger charge is -2.05. The molecule has 0 atom stereocenters. The number of carbonyl (C=O) groups is 1. The fraction of sp³-hybridized carbons (Fsp3) is 0.400. The SMILES string of the molecule is Cc1nnsc1C(=O)Nc1cc(CN(C)C)[nH]n1. The van der Waals surface area contributed by atoms with Crippen LogP contribution in [0, 0.1) is 6.92 Å². The first-order valence-electron chi connectivity index (χ1n) is 5.35. The molecule has 0 fully saturated rings. The lowest BCUT2D eigenvalue weighted by molar-refractivity contribution is 0.102. The lowest BCUT2D eigenvalue weighted by atomic mass is 10.3. The van der Waals surface area contributed by atoms with Gasteiger partial charge in [-0.05, 0) is 32.6 Å². The van der Waals surface area contributed by atoms with E-state index in [0.29, 0.717) is 16.4 Å². The second-order valence-corrected chi connectivity index (χ2v) is 4.91. The molecule has 2 rings (SSSR count). The molecule has 18 heavy (non-hydrogen) atoms. The zero-order valence-electron chi connectivity index (χ0n) is 10.4. The van der Waals surface area contributed by atoms with Crippen molar-refractivity contribution in [2.45, 2.75) is 13.5 Å². The minimum absolute atomic E-state index is 0.231. The monoisotopic (exact) mass is 266 g/mol. The number of aromatic amines is 1. The molecule has 1 amide bonds. The third-order valence-electron chi connectivity index (χ3n) is 2.22. The van der Waals surface area contributed by atoms with Gasteiger partial charge in [0.05, 0.1) is 11.4 Å². The van der Waals surface area contributed by atoms with Gasteiger partial charge in [0.1, 0.15) is 4.88 Å². The van der Waals surface area contributed by atoms with Crippen molar-refractivity contribution in [1.82, 2.24) is 24.7 Å². The zero-order chi connectivity index (χ0) is 13.1. The van der Waals surface area contributed by atoms with E-state index in [9.17, 15) is 4.79 Å². The van der Waals surface area contributed by atoms with Crippen molar-refractivity contribution in [3.63, 3.8) is 0 Å². The number of hydrogen-bond acceptors (Lipinski definition) is 6. The molecule has 0 radical (unpaired) electrons. The molecule has 0 aliphatic carbocycles. The highest BCUT2D eigenvalue weighted by Crippen LogP contribution is 2.13. The topological polar surface area (TPSA) is 86.8 Å². The summed E-state index contributed by atoms with van der Waals surface area (Å²) >= 11 is 1.07. The lowest BCUT2D eigenvalue weighted by Crippen LogP contribution is -2.12. The molecule has 2 N–H and O–H groups in total. The van der Waals surface area contributed by atoms with Crippen LogP contribution in [0.1, 0.15) is 21.1 Å². The van der Waals surface area contributed by atoms with Gasteiger partial charge in [-0.1, -0.05) is 4.49 Å². The fourth-order valence-electron chi connectivity index (χ4n) is 1.46. The number of nitrogens with one attached hydrogen (secondary N) is 2. The highest BCUT2D eigenvalue weighted by Gasteiger charge is 2.14. The molecule has 8 heteroatoms. The van der Waals surface area contributed by atoms with Crippen molar-refractivity contribution in [2.24, 2.45) is 0 Å². The summed E-state index contributed by atoms with van der Waals surface area (Å²) in [4.78, 5) is 14.4. The maximum Gasteiger partial charge on any atom is 0.270 e. The Hall–Kier alpha value is -1.80. The maximum atomic E-state index is 11.9. The second kappa shape index (κ2) is 5.23. The van der Waals surface area contributed by atoms with Crippen molar-refractivity contribution in [3.05, 3.63) is 22.3 Å². The van der Waals surface area contributed by atoms with Crippen molar-refractivity contribution in [1.29, 1.82) is 0 Å². The number of aromatic nitrogens is 4. The van der Waals surface area contributed by atoms with Crippen LogP contribution in [0.5, 0.6) is 0 Å². The van der Waals surface area contributed by atoms with Crippen LogP contribution in [0.15, 0.2) is 6.07 Å². The minimum Gasteiger partial charge on any atom is -0.304 e. The van der Waals surface area contributed by atoms with E-state index in [1.807, 2.05) is 25.1 Å². The number of H-pyrrole nitrogens is 1. The summed E-state index contributed by atoms with van der Waals surface area (Å²) in [5, 5.41) is 13.4. The molecular weight excluding hydrogens is 252 g/mol. The van der Waals surface area contributed by atoms with Crippen LogP contribution in [-0.2, 0) is 6.54 Å². The number of rotatable bonds is 4. The average molecular weight is 266 g/mol. The summed E-state index contributed by atoms with van der Waals surface area (Å²) in [6.45, 7) is 2.49.